The minimum absolute atomic E-state index is 0.665. The maximum absolute atomic E-state index is 5.52. The number of rotatable bonds is 7. The summed E-state index contributed by atoms with van der Waals surface area (Å²) in [6.07, 6.45) is 3.68. The zero-order valence-electron chi connectivity index (χ0n) is 12.8. The highest BCUT2D eigenvalue weighted by atomic mass is 16.5. The lowest BCUT2D eigenvalue weighted by atomic mass is 9.97. The van der Waals surface area contributed by atoms with Crippen molar-refractivity contribution in [2.24, 2.45) is 5.92 Å². The van der Waals surface area contributed by atoms with Crippen LogP contribution in [0.25, 0.3) is 0 Å². The molecule has 1 aromatic heterocycles. The van der Waals surface area contributed by atoms with Gasteiger partial charge in [-0.2, -0.15) is 4.98 Å². The van der Waals surface area contributed by atoms with Gasteiger partial charge in [0.1, 0.15) is 5.82 Å². The van der Waals surface area contributed by atoms with Crippen LogP contribution in [0.4, 0.5) is 5.82 Å². The summed E-state index contributed by atoms with van der Waals surface area (Å²) in [7, 11) is 0. The molecule has 1 fully saturated rings. The molecule has 0 spiro atoms. The first-order valence-electron chi connectivity index (χ1n) is 7.89. The highest BCUT2D eigenvalue weighted by Crippen LogP contribution is 2.20. The van der Waals surface area contributed by atoms with Gasteiger partial charge in [0, 0.05) is 19.2 Å². The van der Waals surface area contributed by atoms with Crippen molar-refractivity contribution in [3.8, 4) is 5.88 Å². The van der Waals surface area contributed by atoms with E-state index in [9.17, 15) is 0 Å². The molecule has 0 radical (unpaired) electrons. The van der Waals surface area contributed by atoms with Gasteiger partial charge in [0.2, 0.25) is 5.88 Å². The molecule has 0 saturated carbocycles. The molecular weight excluding hydrogens is 250 g/mol. The topological polar surface area (TPSA) is 37.4 Å². The second kappa shape index (κ2) is 8.10. The molecule has 2 heterocycles. The molecule has 20 heavy (non-hydrogen) atoms. The zero-order chi connectivity index (χ0) is 14.2. The lowest BCUT2D eigenvalue weighted by Crippen LogP contribution is -2.37. The van der Waals surface area contributed by atoms with E-state index < -0.39 is 0 Å². The van der Waals surface area contributed by atoms with Crippen molar-refractivity contribution in [2.75, 3.05) is 37.7 Å². The highest BCUT2D eigenvalue weighted by molar-refractivity contribution is 5.40. The Kier molecular flexibility index (Phi) is 6.12. The SMILES string of the molecule is CCCN(CC1CCNCC1)c1cccc(OCC)n1. The Morgan fingerprint density at radius 1 is 1.30 bits per heavy atom. The third-order valence-corrected chi connectivity index (χ3v) is 3.76. The monoisotopic (exact) mass is 277 g/mol. The number of nitrogens with one attached hydrogen (secondary N) is 1. The number of anilines is 1. The van der Waals surface area contributed by atoms with Gasteiger partial charge in [0.05, 0.1) is 6.61 Å². The van der Waals surface area contributed by atoms with Crippen molar-refractivity contribution >= 4 is 5.82 Å². The number of nitrogens with zero attached hydrogens (tertiary/aromatic N) is 2. The number of pyridine rings is 1. The molecule has 0 unspecified atom stereocenters. The summed E-state index contributed by atoms with van der Waals surface area (Å²) < 4.78 is 5.52. The van der Waals surface area contributed by atoms with Crippen LogP contribution in [-0.4, -0.2) is 37.8 Å². The van der Waals surface area contributed by atoms with Crippen molar-refractivity contribution in [2.45, 2.75) is 33.1 Å². The van der Waals surface area contributed by atoms with E-state index in [-0.39, 0.29) is 0 Å². The summed E-state index contributed by atoms with van der Waals surface area (Å²) in [6, 6.07) is 6.07. The van der Waals surface area contributed by atoms with E-state index in [2.05, 4.69) is 28.2 Å². The van der Waals surface area contributed by atoms with Crippen LogP contribution in [0.1, 0.15) is 33.1 Å². The molecule has 0 aromatic carbocycles. The van der Waals surface area contributed by atoms with Crippen LogP contribution in [-0.2, 0) is 0 Å². The molecule has 0 amide bonds. The lowest BCUT2D eigenvalue weighted by Gasteiger charge is -2.30. The van der Waals surface area contributed by atoms with Gasteiger partial charge in [-0.1, -0.05) is 13.0 Å². The van der Waals surface area contributed by atoms with E-state index >= 15 is 0 Å². The summed E-state index contributed by atoms with van der Waals surface area (Å²) in [4.78, 5) is 7.05. The van der Waals surface area contributed by atoms with Crippen LogP contribution >= 0.6 is 0 Å². The van der Waals surface area contributed by atoms with E-state index in [1.165, 1.54) is 12.8 Å². The van der Waals surface area contributed by atoms with Crippen LogP contribution in [0, 0.1) is 5.92 Å². The summed E-state index contributed by atoms with van der Waals surface area (Å²) in [5.74, 6) is 2.56. The van der Waals surface area contributed by atoms with Gasteiger partial charge >= 0.3 is 0 Å². The van der Waals surface area contributed by atoms with Gasteiger partial charge in [-0.25, -0.2) is 0 Å². The molecule has 0 bridgehead atoms. The second-order valence-electron chi connectivity index (χ2n) is 5.41. The predicted octanol–water partition coefficient (Wildman–Crippen LogP) is 2.70. The third kappa shape index (κ3) is 4.37. The second-order valence-corrected chi connectivity index (χ2v) is 5.41. The molecule has 112 valence electrons. The molecule has 4 heteroatoms. The average molecular weight is 277 g/mol. The van der Waals surface area contributed by atoms with E-state index in [4.69, 9.17) is 4.74 Å². The smallest absolute Gasteiger partial charge is 0.215 e. The Labute approximate surface area is 122 Å². The minimum Gasteiger partial charge on any atom is -0.478 e. The molecule has 0 aliphatic carbocycles. The highest BCUT2D eigenvalue weighted by Gasteiger charge is 2.18. The summed E-state index contributed by atoms with van der Waals surface area (Å²) >= 11 is 0. The first-order valence-corrected chi connectivity index (χ1v) is 7.89. The summed E-state index contributed by atoms with van der Waals surface area (Å²) in [5.41, 5.74) is 0. The van der Waals surface area contributed by atoms with Crippen LogP contribution in [0.2, 0.25) is 0 Å². The fourth-order valence-electron chi connectivity index (χ4n) is 2.75. The van der Waals surface area contributed by atoms with E-state index in [1.54, 1.807) is 0 Å². The molecule has 0 atom stereocenters. The lowest BCUT2D eigenvalue weighted by molar-refractivity contribution is 0.326. The van der Waals surface area contributed by atoms with Gasteiger partial charge in [-0.05, 0) is 51.3 Å². The van der Waals surface area contributed by atoms with Gasteiger partial charge in [0.25, 0.3) is 0 Å². The molecule has 1 N–H and O–H groups in total. The van der Waals surface area contributed by atoms with E-state index in [1.807, 2.05) is 19.1 Å². The first-order chi connectivity index (χ1) is 9.83. The maximum Gasteiger partial charge on any atom is 0.215 e. The van der Waals surface area contributed by atoms with Gasteiger partial charge < -0.3 is 15.0 Å². The Morgan fingerprint density at radius 3 is 2.80 bits per heavy atom. The predicted molar refractivity (Wildman–Crippen MR) is 83.5 cm³/mol. The van der Waals surface area contributed by atoms with Gasteiger partial charge in [-0.15, -0.1) is 0 Å². The van der Waals surface area contributed by atoms with Crippen LogP contribution in [0.3, 0.4) is 0 Å². The van der Waals surface area contributed by atoms with Gasteiger partial charge in [0.15, 0.2) is 0 Å². The maximum atomic E-state index is 5.52. The Balaban J connectivity index is 2.04. The molecule has 1 aliphatic heterocycles. The normalized spacial score (nSPS) is 16.1. The number of piperidine rings is 1. The summed E-state index contributed by atoms with van der Waals surface area (Å²) in [6.45, 7) is 9.35. The molecule has 1 aliphatic rings. The minimum atomic E-state index is 0.665. The average Bonchev–Trinajstić information content (AvgIpc) is 2.49. The first kappa shape index (κ1) is 15.1. The molecule has 4 nitrogen and oxygen atoms in total. The fraction of sp³-hybridized carbons (Fsp3) is 0.688. The summed E-state index contributed by atoms with van der Waals surface area (Å²) in [5, 5.41) is 3.43. The zero-order valence-corrected chi connectivity index (χ0v) is 12.8. The molecule has 1 saturated heterocycles. The third-order valence-electron chi connectivity index (χ3n) is 3.76. The number of hydrogen-bond acceptors (Lipinski definition) is 4. The van der Waals surface area contributed by atoms with Crippen molar-refractivity contribution in [3.63, 3.8) is 0 Å². The molecule has 1 aromatic rings. The van der Waals surface area contributed by atoms with E-state index in [0.717, 1.165) is 50.2 Å². The quantitative estimate of drug-likeness (QED) is 0.831. The van der Waals surface area contributed by atoms with Gasteiger partial charge in [-0.3, -0.25) is 0 Å². The number of aromatic nitrogens is 1. The van der Waals surface area contributed by atoms with Crippen molar-refractivity contribution in [1.29, 1.82) is 0 Å². The molecular formula is C16H27N3O. The largest absolute Gasteiger partial charge is 0.478 e. The van der Waals surface area contributed by atoms with Crippen molar-refractivity contribution < 1.29 is 4.74 Å². The van der Waals surface area contributed by atoms with Crippen LogP contribution < -0.4 is 15.0 Å². The van der Waals surface area contributed by atoms with Crippen LogP contribution in [0.5, 0.6) is 5.88 Å². The number of hydrogen-bond donors (Lipinski definition) is 1. The Bertz CT molecular complexity index is 391. The Hall–Kier alpha value is -1.29. The van der Waals surface area contributed by atoms with E-state index in [0.29, 0.717) is 6.61 Å². The standard InChI is InChI=1S/C16H27N3O/c1-3-12-19(13-14-8-10-17-11-9-14)15-6-5-7-16(18-15)20-4-2/h5-7,14,17H,3-4,8-13H2,1-2H3. The van der Waals surface area contributed by atoms with Crippen molar-refractivity contribution in [1.82, 2.24) is 10.3 Å². The van der Waals surface area contributed by atoms with Crippen molar-refractivity contribution in [3.05, 3.63) is 18.2 Å². The Morgan fingerprint density at radius 2 is 2.10 bits per heavy atom. The fourth-order valence-corrected chi connectivity index (χ4v) is 2.75. The van der Waals surface area contributed by atoms with Crippen LogP contribution in [0.15, 0.2) is 18.2 Å². The number of ether oxygens (including phenoxy) is 1. The molecule has 2 rings (SSSR count).